The summed E-state index contributed by atoms with van der Waals surface area (Å²) in [5, 5.41) is 14.1. The molecular formula is C27H35BrCl2N2O4. The first-order valence-corrected chi connectivity index (χ1v) is 13.6. The molecular weight excluding hydrogens is 567 g/mol. The molecule has 1 fully saturated rings. The lowest BCUT2D eigenvalue weighted by atomic mass is 9.79. The molecule has 2 N–H and O–H groups in total. The highest BCUT2D eigenvalue weighted by molar-refractivity contribution is 9.10. The van der Waals surface area contributed by atoms with Crippen molar-refractivity contribution in [1.29, 1.82) is 0 Å². The number of rotatable bonds is 8. The Balaban J connectivity index is 0.000000324. The second-order valence-electron chi connectivity index (χ2n) is 8.93. The average Bonchev–Trinajstić information content (AvgIpc) is 3.07. The van der Waals surface area contributed by atoms with Crippen molar-refractivity contribution in [3.05, 3.63) is 64.4 Å². The highest BCUT2D eigenvalue weighted by Gasteiger charge is 2.48. The highest BCUT2D eigenvalue weighted by Crippen LogP contribution is 2.43. The number of hydrogen-bond donors (Lipinski definition) is 2. The molecule has 1 aliphatic carbocycles. The first-order valence-electron chi connectivity index (χ1n) is 11.9. The molecule has 6 nitrogen and oxygen atoms in total. The molecule has 198 valence electrons. The largest absolute Gasteiger partial charge is 0.509 e. The van der Waals surface area contributed by atoms with Gasteiger partial charge in [-0.05, 0) is 67.9 Å². The van der Waals surface area contributed by atoms with E-state index in [0.717, 1.165) is 40.4 Å². The standard InChI is InChI=1S/C19H24BrNO3.C8H11Cl2NO/c1-4-12-10-13(20)9-11(2)15(12)16-17(22)19(21-18(16)23)7-5-14(24-3)6-8-19;1-3-5-11(6-4-2)8(12)7(9)10/h9-10,14,22H,4-8H2,1-3H3,(H,21,23);3-4,7H,1-2,5-6H2. The number of aryl methyl sites for hydroxylation is 2. The maximum Gasteiger partial charge on any atom is 0.256 e. The van der Waals surface area contributed by atoms with Gasteiger partial charge in [-0.1, -0.05) is 58.2 Å². The molecule has 0 atom stereocenters. The van der Waals surface area contributed by atoms with Crippen LogP contribution in [0.1, 0.15) is 49.3 Å². The zero-order valence-electron chi connectivity index (χ0n) is 21.1. The molecule has 0 radical (unpaired) electrons. The number of amides is 2. The number of nitrogens with zero attached hydrogens (tertiary/aromatic N) is 1. The molecule has 1 aromatic carbocycles. The van der Waals surface area contributed by atoms with Gasteiger partial charge in [-0.2, -0.15) is 0 Å². The van der Waals surface area contributed by atoms with Crippen molar-refractivity contribution in [2.75, 3.05) is 20.2 Å². The Kier molecular flexibility index (Phi) is 11.5. The highest BCUT2D eigenvalue weighted by atomic mass is 79.9. The first kappa shape index (κ1) is 30.4. The summed E-state index contributed by atoms with van der Waals surface area (Å²) in [6.07, 6.45) is 7.34. The van der Waals surface area contributed by atoms with E-state index in [1.165, 1.54) is 4.90 Å². The number of nitrogens with one attached hydrogen (secondary N) is 1. The van der Waals surface area contributed by atoms with Gasteiger partial charge in [0.1, 0.15) is 5.76 Å². The molecule has 3 rings (SSSR count). The maximum absolute atomic E-state index is 12.7. The van der Waals surface area contributed by atoms with Gasteiger partial charge in [-0.15, -0.1) is 13.2 Å². The van der Waals surface area contributed by atoms with E-state index in [1.807, 2.05) is 19.1 Å². The van der Waals surface area contributed by atoms with Crippen LogP contribution in [0.15, 0.2) is 47.7 Å². The zero-order chi connectivity index (χ0) is 27.0. The number of carbonyl (C=O) groups is 2. The molecule has 1 aliphatic heterocycles. The van der Waals surface area contributed by atoms with Gasteiger partial charge in [-0.3, -0.25) is 9.59 Å². The van der Waals surface area contributed by atoms with E-state index >= 15 is 0 Å². The van der Waals surface area contributed by atoms with Crippen LogP contribution in [0.2, 0.25) is 0 Å². The predicted octanol–water partition coefficient (Wildman–Crippen LogP) is 6.04. The number of hydrogen-bond acceptors (Lipinski definition) is 4. The molecule has 2 amide bonds. The van der Waals surface area contributed by atoms with Crippen LogP contribution < -0.4 is 5.32 Å². The summed E-state index contributed by atoms with van der Waals surface area (Å²) in [5.74, 6) is -0.274. The lowest BCUT2D eigenvalue weighted by Gasteiger charge is -2.36. The minimum absolute atomic E-state index is 0.163. The zero-order valence-corrected chi connectivity index (χ0v) is 24.2. The molecule has 9 heteroatoms. The summed E-state index contributed by atoms with van der Waals surface area (Å²) in [6.45, 7) is 11.9. The summed E-state index contributed by atoms with van der Waals surface area (Å²) in [7, 11) is 1.72. The van der Waals surface area contributed by atoms with Crippen molar-refractivity contribution < 1.29 is 19.4 Å². The topological polar surface area (TPSA) is 78.9 Å². The second-order valence-corrected chi connectivity index (χ2v) is 10.9. The van der Waals surface area contributed by atoms with Crippen LogP contribution in [-0.2, 0) is 20.7 Å². The van der Waals surface area contributed by atoms with Crippen LogP contribution in [0.5, 0.6) is 0 Å². The molecule has 2 aliphatic rings. The van der Waals surface area contributed by atoms with E-state index in [1.54, 1.807) is 19.3 Å². The van der Waals surface area contributed by atoms with Crippen molar-refractivity contribution in [2.45, 2.75) is 62.4 Å². The van der Waals surface area contributed by atoms with Crippen LogP contribution in [0.25, 0.3) is 5.57 Å². The maximum atomic E-state index is 12.7. The number of methoxy groups -OCH3 is 1. The van der Waals surface area contributed by atoms with Crippen LogP contribution in [0.3, 0.4) is 0 Å². The van der Waals surface area contributed by atoms with E-state index in [0.29, 0.717) is 31.5 Å². The van der Waals surface area contributed by atoms with E-state index < -0.39 is 10.4 Å². The molecule has 0 aromatic heterocycles. The van der Waals surface area contributed by atoms with Gasteiger partial charge in [0, 0.05) is 24.7 Å². The third-order valence-corrected chi connectivity index (χ3v) is 7.43. The van der Waals surface area contributed by atoms with Crippen LogP contribution in [0.4, 0.5) is 0 Å². The molecule has 0 unspecified atom stereocenters. The summed E-state index contributed by atoms with van der Waals surface area (Å²) < 4.78 is 6.42. The molecule has 0 bridgehead atoms. The number of ether oxygens (including phenoxy) is 1. The summed E-state index contributed by atoms with van der Waals surface area (Å²) in [5.41, 5.74) is 2.78. The van der Waals surface area contributed by atoms with E-state index in [-0.39, 0.29) is 23.7 Å². The Labute approximate surface area is 232 Å². The normalized spacial score (nSPS) is 21.2. The average molecular weight is 602 g/mol. The summed E-state index contributed by atoms with van der Waals surface area (Å²) in [6, 6.07) is 4.03. The lowest BCUT2D eigenvalue weighted by molar-refractivity contribution is -0.128. The van der Waals surface area contributed by atoms with Crippen molar-refractivity contribution >= 4 is 56.5 Å². The first-order chi connectivity index (χ1) is 17.0. The minimum Gasteiger partial charge on any atom is -0.509 e. The molecule has 0 saturated heterocycles. The van der Waals surface area contributed by atoms with Gasteiger partial charge in [0.25, 0.3) is 11.8 Å². The van der Waals surface area contributed by atoms with Crippen molar-refractivity contribution in [2.24, 2.45) is 0 Å². The molecule has 1 spiro atoms. The van der Waals surface area contributed by atoms with E-state index in [9.17, 15) is 14.7 Å². The summed E-state index contributed by atoms with van der Waals surface area (Å²) >= 11 is 14.3. The van der Waals surface area contributed by atoms with Crippen molar-refractivity contribution in [3.63, 3.8) is 0 Å². The molecule has 1 aromatic rings. The Bertz CT molecular complexity index is 1010. The Hall–Kier alpha value is -1.80. The van der Waals surface area contributed by atoms with Crippen LogP contribution in [0, 0.1) is 6.92 Å². The number of carbonyl (C=O) groups excluding carboxylic acids is 2. The van der Waals surface area contributed by atoms with Crippen molar-refractivity contribution in [1.82, 2.24) is 10.2 Å². The third kappa shape index (κ3) is 6.94. The predicted molar refractivity (Wildman–Crippen MR) is 150 cm³/mol. The Morgan fingerprint density at radius 2 is 1.89 bits per heavy atom. The SMILES string of the molecule is C=CCN(CC=C)C(=O)C(Cl)Cl.CCc1cc(Br)cc(C)c1C1=C(O)C2(CCC(OC)CC2)NC1=O. The smallest absolute Gasteiger partial charge is 0.256 e. The van der Waals surface area contributed by atoms with Crippen molar-refractivity contribution in [3.8, 4) is 0 Å². The van der Waals surface area contributed by atoms with E-state index in [4.69, 9.17) is 27.9 Å². The second kappa shape index (κ2) is 13.7. The van der Waals surface area contributed by atoms with Gasteiger partial charge >= 0.3 is 0 Å². The fourth-order valence-corrected chi connectivity index (χ4v) is 5.65. The number of aliphatic hydroxyl groups excluding tert-OH is 1. The Morgan fingerprint density at radius 1 is 1.31 bits per heavy atom. The Morgan fingerprint density at radius 3 is 2.36 bits per heavy atom. The summed E-state index contributed by atoms with van der Waals surface area (Å²) in [4.78, 5) is 24.4. The van der Waals surface area contributed by atoms with Gasteiger partial charge in [0.05, 0.1) is 17.2 Å². The molecule has 36 heavy (non-hydrogen) atoms. The number of halogens is 3. The lowest BCUT2D eigenvalue weighted by Crippen LogP contribution is -2.48. The number of aliphatic hydroxyl groups is 1. The number of benzene rings is 1. The van der Waals surface area contributed by atoms with E-state index in [2.05, 4.69) is 41.3 Å². The fourth-order valence-electron chi connectivity index (χ4n) is 4.75. The fraction of sp³-hybridized carbons (Fsp3) is 0.481. The quantitative estimate of drug-likeness (QED) is 0.281. The van der Waals surface area contributed by atoms with Gasteiger partial charge in [0.15, 0.2) is 4.84 Å². The van der Waals surface area contributed by atoms with Crippen LogP contribution in [-0.4, -0.2) is 58.5 Å². The van der Waals surface area contributed by atoms with Gasteiger partial charge < -0.3 is 20.1 Å². The minimum atomic E-state index is -1.01. The third-order valence-electron chi connectivity index (χ3n) is 6.60. The van der Waals surface area contributed by atoms with Crippen LogP contribution >= 0.6 is 39.1 Å². The van der Waals surface area contributed by atoms with Gasteiger partial charge in [0.2, 0.25) is 0 Å². The monoisotopic (exact) mass is 600 g/mol. The molecule has 1 heterocycles. The van der Waals surface area contributed by atoms with Gasteiger partial charge in [-0.25, -0.2) is 0 Å². The molecule has 1 saturated carbocycles. The number of alkyl halides is 2.